The Kier molecular flexibility index (Phi) is 6.89. The van der Waals surface area contributed by atoms with Gasteiger partial charge in [0, 0.05) is 30.5 Å². The van der Waals surface area contributed by atoms with E-state index in [9.17, 15) is 13.6 Å². The summed E-state index contributed by atoms with van der Waals surface area (Å²) in [6, 6.07) is 4.32. The molecule has 0 radical (unpaired) electrons. The van der Waals surface area contributed by atoms with Gasteiger partial charge in [-0.1, -0.05) is 19.8 Å². The topological polar surface area (TPSA) is 130 Å². The van der Waals surface area contributed by atoms with Crippen LogP contribution in [0.15, 0.2) is 24.4 Å². The zero-order chi connectivity index (χ0) is 27.0. The van der Waals surface area contributed by atoms with Crippen molar-refractivity contribution in [2.45, 2.75) is 75.9 Å². The number of alkyl halides is 2. The van der Waals surface area contributed by atoms with E-state index in [2.05, 4.69) is 20.5 Å². The maximum atomic E-state index is 13.1. The third-order valence-corrected chi connectivity index (χ3v) is 7.53. The van der Waals surface area contributed by atoms with Gasteiger partial charge in [0.15, 0.2) is 5.82 Å². The van der Waals surface area contributed by atoms with Crippen molar-refractivity contribution in [3.8, 4) is 5.75 Å². The number of halogens is 2. The van der Waals surface area contributed by atoms with E-state index in [1.165, 1.54) is 12.0 Å². The van der Waals surface area contributed by atoms with Gasteiger partial charge in [0.1, 0.15) is 17.3 Å². The largest absolute Gasteiger partial charge is 0.495 e. The van der Waals surface area contributed by atoms with Crippen LogP contribution in [0.3, 0.4) is 0 Å². The smallest absolute Gasteiger partial charge is 0.252 e. The number of anilines is 4. The van der Waals surface area contributed by atoms with Crippen LogP contribution >= 0.6 is 0 Å². The molecule has 202 valence electrons. The molecule has 2 fully saturated rings. The SMILES string of the molecule is CC[C@@H]1C(=N)N(C=N)c2cnc(Nc3ccc(C(=O)NC4CC(F)(F)C4)cc3OC)nc2N1C1CCCC1. The van der Waals surface area contributed by atoms with E-state index >= 15 is 0 Å². The summed E-state index contributed by atoms with van der Waals surface area (Å²) in [7, 11) is 1.48. The van der Waals surface area contributed by atoms with Crippen molar-refractivity contribution in [3.05, 3.63) is 30.0 Å². The molecule has 1 aliphatic heterocycles. The Morgan fingerprint density at radius 1 is 1.29 bits per heavy atom. The molecule has 2 aliphatic carbocycles. The zero-order valence-corrected chi connectivity index (χ0v) is 21.4. The second kappa shape index (κ2) is 10.1. The minimum absolute atomic E-state index is 0.196. The predicted octanol–water partition coefficient (Wildman–Crippen LogP) is 4.69. The molecule has 12 heteroatoms. The summed E-state index contributed by atoms with van der Waals surface area (Å²) in [5.74, 6) is -1.45. The van der Waals surface area contributed by atoms with Gasteiger partial charge in [-0.05, 0) is 37.5 Å². The number of methoxy groups -OCH3 is 1. The number of amides is 1. The van der Waals surface area contributed by atoms with Crippen LogP contribution in [0.1, 0.15) is 62.2 Å². The third kappa shape index (κ3) is 4.74. The van der Waals surface area contributed by atoms with E-state index < -0.39 is 17.9 Å². The second-order valence-electron chi connectivity index (χ2n) is 10.0. The van der Waals surface area contributed by atoms with E-state index in [0.29, 0.717) is 46.7 Å². The first-order valence-electron chi connectivity index (χ1n) is 12.9. The number of amidine groups is 1. The summed E-state index contributed by atoms with van der Waals surface area (Å²) in [5, 5.41) is 22.4. The molecule has 5 rings (SSSR count). The summed E-state index contributed by atoms with van der Waals surface area (Å²) in [6.45, 7) is 2.04. The lowest BCUT2D eigenvalue weighted by molar-refractivity contribution is -0.0901. The van der Waals surface area contributed by atoms with Crippen LogP contribution in [0.2, 0.25) is 0 Å². The van der Waals surface area contributed by atoms with Crippen LogP contribution in [0, 0.1) is 10.8 Å². The van der Waals surface area contributed by atoms with Crippen LogP contribution in [0.5, 0.6) is 5.75 Å². The molecule has 4 N–H and O–H groups in total. The van der Waals surface area contributed by atoms with Gasteiger partial charge in [0.25, 0.3) is 11.8 Å². The highest BCUT2D eigenvalue weighted by atomic mass is 19.3. The van der Waals surface area contributed by atoms with E-state index in [4.69, 9.17) is 20.5 Å². The van der Waals surface area contributed by atoms with Gasteiger partial charge in [-0.3, -0.25) is 20.5 Å². The number of carbonyl (C=O) groups is 1. The summed E-state index contributed by atoms with van der Waals surface area (Å²) in [4.78, 5) is 25.6. The molecule has 1 aromatic heterocycles. The molecule has 2 saturated carbocycles. The molecule has 1 aromatic carbocycles. The van der Waals surface area contributed by atoms with Crippen LogP contribution < -0.4 is 25.2 Å². The molecule has 2 aromatic rings. The van der Waals surface area contributed by atoms with Gasteiger partial charge in [-0.2, -0.15) is 4.98 Å². The average molecular weight is 527 g/mol. The number of carbonyl (C=O) groups excluding carboxylic acids is 1. The van der Waals surface area contributed by atoms with Gasteiger partial charge < -0.3 is 20.3 Å². The highest BCUT2D eigenvalue weighted by Crippen LogP contribution is 2.41. The Bertz CT molecular complexity index is 1240. The molecular formula is C26H32F2N8O2. The van der Waals surface area contributed by atoms with Gasteiger partial charge in [-0.15, -0.1) is 0 Å². The fraction of sp³-hybridized carbons (Fsp3) is 0.500. The molecule has 2 heterocycles. The van der Waals surface area contributed by atoms with E-state index in [-0.39, 0.29) is 24.9 Å². The van der Waals surface area contributed by atoms with Gasteiger partial charge in [-0.25, -0.2) is 13.8 Å². The number of hydrogen-bond acceptors (Lipinski definition) is 8. The molecule has 1 atom stereocenters. The Morgan fingerprint density at radius 3 is 2.66 bits per heavy atom. The highest BCUT2D eigenvalue weighted by molar-refractivity contribution is 6.16. The molecule has 0 unspecified atom stereocenters. The number of benzene rings is 1. The lowest BCUT2D eigenvalue weighted by Crippen LogP contribution is -2.56. The molecule has 38 heavy (non-hydrogen) atoms. The third-order valence-electron chi connectivity index (χ3n) is 7.53. The van der Waals surface area contributed by atoms with Crippen molar-refractivity contribution in [1.82, 2.24) is 15.3 Å². The molecule has 0 saturated heterocycles. The van der Waals surface area contributed by atoms with E-state index in [1.807, 2.05) is 6.92 Å². The van der Waals surface area contributed by atoms with Crippen LogP contribution in [0.25, 0.3) is 0 Å². The van der Waals surface area contributed by atoms with Crippen molar-refractivity contribution < 1.29 is 18.3 Å². The summed E-state index contributed by atoms with van der Waals surface area (Å²) >= 11 is 0. The Morgan fingerprint density at radius 2 is 2.03 bits per heavy atom. The number of hydrogen-bond donors (Lipinski definition) is 4. The summed E-state index contributed by atoms with van der Waals surface area (Å²) < 4.78 is 31.7. The minimum Gasteiger partial charge on any atom is -0.495 e. The highest BCUT2D eigenvalue weighted by Gasteiger charge is 2.46. The first-order valence-corrected chi connectivity index (χ1v) is 12.9. The van der Waals surface area contributed by atoms with Crippen molar-refractivity contribution in [2.24, 2.45) is 0 Å². The van der Waals surface area contributed by atoms with Crippen LogP contribution in [0.4, 0.5) is 31.9 Å². The van der Waals surface area contributed by atoms with Crippen LogP contribution in [-0.4, -0.2) is 59.2 Å². The Balaban J connectivity index is 1.41. The fourth-order valence-corrected chi connectivity index (χ4v) is 5.58. The average Bonchev–Trinajstić information content (AvgIpc) is 3.41. The molecule has 10 nitrogen and oxygen atoms in total. The van der Waals surface area contributed by atoms with Crippen molar-refractivity contribution >= 4 is 41.2 Å². The fourth-order valence-electron chi connectivity index (χ4n) is 5.58. The molecular weight excluding hydrogens is 494 g/mol. The van der Waals surface area contributed by atoms with Gasteiger partial charge in [0.05, 0.1) is 31.4 Å². The number of nitrogens with zero attached hydrogens (tertiary/aromatic N) is 4. The van der Waals surface area contributed by atoms with E-state index in [0.717, 1.165) is 32.0 Å². The number of aromatic nitrogens is 2. The predicted molar refractivity (Wildman–Crippen MR) is 142 cm³/mol. The Hall–Kier alpha value is -3.83. The zero-order valence-electron chi connectivity index (χ0n) is 21.4. The first kappa shape index (κ1) is 25.8. The molecule has 0 spiro atoms. The van der Waals surface area contributed by atoms with Gasteiger partial charge in [0.2, 0.25) is 5.95 Å². The summed E-state index contributed by atoms with van der Waals surface area (Å²) in [6.07, 6.45) is 7.06. The van der Waals surface area contributed by atoms with Crippen molar-refractivity contribution in [2.75, 3.05) is 22.2 Å². The normalized spacial score (nSPS) is 21.1. The number of rotatable bonds is 8. The maximum absolute atomic E-state index is 13.1. The monoisotopic (exact) mass is 526 g/mol. The lowest BCUT2D eigenvalue weighted by Gasteiger charge is -2.44. The quantitative estimate of drug-likeness (QED) is 0.290. The van der Waals surface area contributed by atoms with Gasteiger partial charge >= 0.3 is 0 Å². The lowest BCUT2D eigenvalue weighted by atomic mass is 9.88. The summed E-state index contributed by atoms with van der Waals surface area (Å²) in [5.41, 5.74) is 1.42. The molecule has 3 aliphatic rings. The first-order chi connectivity index (χ1) is 18.2. The van der Waals surface area contributed by atoms with Crippen molar-refractivity contribution in [1.29, 1.82) is 10.8 Å². The maximum Gasteiger partial charge on any atom is 0.252 e. The number of ether oxygens (including phenoxy) is 1. The van der Waals surface area contributed by atoms with Crippen LogP contribution in [-0.2, 0) is 0 Å². The number of fused-ring (bicyclic) bond motifs is 1. The van der Waals surface area contributed by atoms with E-state index in [1.54, 1.807) is 24.4 Å². The second-order valence-corrected chi connectivity index (χ2v) is 10.0. The number of nitrogens with one attached hydrogen (secondary N) is 4. The Labute approximate surface area is 219 Å². The molecule has 1 amide bonds. The molecule has 0 bridgehead atoms. The van der Waals surface area contributed by atoms with Crippen molar-refractivity contribution in [3.63, 3.8) is 0 Å². The minimum atomic E-state index is -2.71. The standard InChI is InChI=1S/C26H32F2N8O2/c1-3-19-22(30)35(14-29)20-13-31-25(34-23(20)36(19)17-6-4-5-7-17)33-18-9-8-15(10-21(18)38-2)24(37)32-16-11-26(27,28)12-16/h8-10,13-14,16-17,19,29-30H,3-7,11-12H2,1-2H3,(H,32,37)(H,31,33,34)/t19-/m1/s1.